The molecule has 19 heavy (non-hydrogen) atoms. The Morgan fingerprint density at radius 3 is 2.79 bits per heavy atom. The summed E-state index contributed by atoms with van der Waals surface area (Å²) < 4.78 is 1.00. The van der Waals surface area contributed by atoms with Gasteiger partial charge in [-0.3, -0.25) is 4.79 Å². The molecule has 5 heteroatoms. The van der Waals surface area contributed by atoms with Crippen molar-refractivity contribution in [3.8, 4) is 0 Å². The van der Waals surface area contributed by atoms with E-state index in [4.69, 9.17) is 5.73 Å². The van der Waals surface area contributed by atoms with Crippen LogP contribution in [0.4, 0.5) is 5.82 Å². The summed E-state index contributed by atoms with van der Waals surface area (Å²) in [4.78, 5) is 17.8. The molecule has 0 aliphatic rings. The smallest absolute Gasteiger partial charge is 0.255 e. The second-order valence-corrected chi connectivity index (χ2v) is 5.18. The summed E-state index contributed by atoms with van der Waals surface area (Å²) >= 11 is 3.41. The van der Waals surface area contributed by atoms with E-state index in [1.165, 1.54) is 6.20 Å². The number of halogens is 1. The molecule has 4 nitrogen and oxygen atoms in total. The molecule has 1 amide bonds. The number of carbonyl (C=O) groups is 1. The maximum Gasteiger partial charge on any atom is 0.255 e. The van der Waals surface area contributed by atoms with Crippen LogP contribution < -0.4 is 5.73 Å². The molecule has 0 saturated carbocycles. The van der Waals surface area contributed by atoms with E-state index in [0.717, 1.165) is 10.0 Å². The second-order valence-electron chi connectivity index (χ2n) is 4.26. The average molecular weight is 320 g/mol. The zero-order valence-corrected chi connectivity index (χ0v) is 12.1. The highest BCUT2D eigenvalue weighted by molar-refractivity contribution is 9.10. The van der Waals surface area contributed by atoms with Crippen molar-refractivity contribution in [2.24, 2.45) is 0 Å². The molecular formula is C14H14BrN3O. The number of hydrogen-bond donors (Lipinski definition) is 1. The molecule has 0 spiro atoms. The van der Waals surface area contributed by atoms with E-state index in [9.17, 15) is 4.79 Å². The molecule has 2 aromatic rings. The molecule has 2 rings (SSSR count). The average Bonchev–Trinajstić information content (AvgIpc) is 2.39. The molecule has 98 valence electrons. The van der Waals surface area contributed by atoms with E-state index in [0.29, 0.717) is 17.9 Å². The van der Waals surface area contributed by atoms with Gasteiger partial charge in [0.05, 0.1) is 5.56 Å². The molecule has 0 fully saturated rings. The quantitative estimate of drug-likeness (QED) is 0.946. The molecule has 0 unspecified atom stereocenters. The summed E-state index contributed by atoms with van der Waals surface area (Å²) in [5.41, 5.74) is 7.10. The lowest BCUT2D eigenvalue weighted by Crippen LogP contribution is -2.26. The maximum atomic E-state index is 12.2. The topological polar surface area (TPSA) is 59.2 Å². The van der Waals surface area contributed by atoms with Gasteiger partial charge >= 0.3 is 0 Å². The van der Waals surface area contributed by atoms with Crippen molar-refractivity contribution in [2.75, 3.05) is 12.8 Å². The lowest BCUT2D eigenvalue weighted by molar-refractivity contribution is 0.0784. The Bertz CT molecular complexity index is 583. The molecule has 0 aliphatic carbocycles. The predicted octanol–water partition coefficient (Wildman–Crippen LogP) is 2.70. The first-order valence-corrected chi connectivity index (χ1v) is 6.57. The van der Waals surface area contributed by atoms with Crippen molar-refractivity contribution in [1.29, 1.82) is 0 Å². The number of nitrogen functional groups attached to an aromatic ring is 1. The maximum absolute atomic E-state index is 12.2. The Kier molecular flexibility index (Phi) is 4.16. The number of rotatable bonds is 3. The highest BCUT2D eigenvalue weighted by Crippen LogP contribution is 2.14. The summed E-state index contributed by atoms with van der Waals surface area (Å²) in [5, 5.41) is 0. The van der Waals surface area contributed by atoms with E-state index in [1.807, 2.05) is 24.3 Å². The molecule has 1 heterocycles. The summed E-state index contributed by atoms with van der Waals surface area (Å²) in [5.74, 6) is 0.332. The van der Waals surface area contributed by atoms with Gasteiger partial charge in [-0.25, -0.2) is 4.98 Å². The van der Waals surface area contributed by atoms with Gasteiger partial charge in [-0.2, -0.15) is 0 Å². The van der Waals surface area contributed by atoms with Crippen LogP contribution in [0.5, 0.6) is 0 Å². The van der Waals surface area contributed by atoms with E-state index < -0.39 is 0 Å². The number of benzene rings is 1. The van der Waals surface area contributed by atoms with E-state index >= 15 is 0 Å². The number of nitrogens with two attached hydrogens (primary N) is 1. The standard InChI is InChI=1S/C14H14BrN3O/c1-18(9-10-3-2-4-12(15)7-10)14(19)11-5-6-13(16)17-8-11/h2-8H,9H2,1H3,(H2,16,17). The first-order valence-electron chi connectivity index (χ1n) is 5.77. The first kappa shape index (κ1) is 13.5. The Hall–Kier alpha value is -1.88. The lowest BCUT2D eigenvalue weighted by Gasteiger charge is -2.17. The molecule has 0 saturated heterocycles. The van der Waals surface area contributed by atoms with Gasteiger partial charge in [0.15, 0.2) is 0 Å². The molecule has 0 aliphatic heterocycles. The van der Waals surface area contributed by atoms with Gasteiger partial charge in [-0.15, -0.1) is 0 Å². The minimum Gasteiger partial charge on any atom is -0.384 e. The number of aromatic nitrogens is 1. The van der Waals surface area contributed by atoms with Crippen molar-refractivity contribution in [3.63, 3.8) is 0 Å². The molecule has 0 radical (unpaired) electrons. The van der Waals surface area contributed by atoms with Gasteiger partial charge in [-0.05, 0) is 29.8 Å². The summed E-state index contributed by atoms with van der Waals surface area (Å²) in [7, 11) is 1.76. The fourth-order valence-electron chi connectivity index (χ4n) is 1.73. The van der Waals surface area contributed by atoms with E-state index in [1.54, 1.807) is 24.1 Å². The van der Waals surface area contributed by atoms with Crippen LogP contribution in [0.2, 0.25) is 0 Å². The fraction of sp³-hybridized carbons (Fsp3) is 0.143. The van der Waals surface area contributed by atoms with Gasteiger partial charge in [0.25, 0.3) is 5.91 Å². The molecule has 0 bridgehead atoms. The molecular weight excluding hydrogens is 306 g/mol. The van der Waals surface area contributed by atoms with Crippen LogP contribution in [-0.4, -0.2) is 22.8 Å². The number of anilines is 1. The Morgan fingerprint density at radius 2 is 2.16 bits per heavy atom. The Labute approximate surface area is 120 Å². The molecule has 2 N–H and O–H groups in total. The Morgan fingerprint density at radius 1 is 1.37 bits per heavy atom. The lowest BCUT2D eigenvalue weighted by atomic mass is 10.2. The molecule has 1 aromatic heterocycles. The highest BCUT2D eigenvalue weighted by atomic mass is 79.9. The van der Waals surface area contributed by atoms with Crippen LogP contribution in [0.15, 0.2) is 47.1 Å². The van der Waals surface area contributed by atoms with Gasteiger partial charge in [0.2, 0.25) is 0 Å². The van der Waals surface area contributed by atoms with Crippen LogP contribution >= 0.6 is 15.9 Å². The van der Waals surface area contributed by atoms with Gasteiger partial charge in [0, 0.05) is 24.3 Å². The summed E-state index contributed by atoms with van der Waals surface area (Å²) in [6.45, 7) is 0.544. The minimum atomic E-state index is -0.0764. The van der Waals surface area contributed by atoms with Crippen LogP contribution in [0, 0.1) is 0 Å². The highest BCUT2D eigenvalue weighted by Gasteiger charge is 2.12. The third-order valence-electron chi connectivity index (χ3n) is 2.69. The van der Waals surface area contributed by atoms with Crippen LogP contribution in [-0.2, 0) is 6.54 Å². The van der Waals surface area contributed by atoms with E-state index in [-0.39, 0.29) is 5.91 Å². The third kappa shape index (κ3) is 3.54. The monoisotopic (exact) mass is 319 g/mol. The number of pyridine rings is 1. The molecule has 1 aromatic carbocycles. The van der Waals surface area contributed by atoms with Crippen molar-refractivity contribution in [2.45, 2.75) is 6.54 Å². The SMILES string of the molecule is CN(Cc1cccc(Br)c1)C(=O)c1ccc(N)nc1. The fourth-order valence-corrected chi connectivity index (χ4v) is 2.18. The van der Waals surface area contributed by atoms with Crippen molar-refractivity contribution in [3.05, 3.63) is 58.2 Å². The van der Waals surface area contributed by atoms with E-state index in [2.05, 4.69) is 20.9 Å². The summed E-state index contributed by atoms with van der Waals surface area (Å²) in [6.07, 6.45) is 1.50. The third-order valence-corrected chi connectivity index (χ3v) is 3.18. The summed E-state index contributed by atoms with van der Waals surface area (Å²) in [6, 6.07) is 11.2. The van der Waals surface area contributed by atoms with Gasteiger partial charge < -0.3 is 10.6 Å². The van der Waals surface area contributed by atoms with Gasteiger partial charge in [0.1, 0.15) is 5.82 Å². The Balaban J connectivity index is 2.09. The van der Waals surface area contributed by atoms with Crippen molar-refractivity contribution >= 4 is 27.7 Å². The first-order chi connectivity index (χ1) is 9.06. The minimum absolute atomic E-state index is 0.0764. The largest absolute Gasteiger partial charge is 0.384 e. The van der Waals surface area contributed by atoms with Crippen LogP contribution in [0.3, 0.4) is 0 Å². The number of amides is 1. The number of hydrogen-bond acceptors (Lipinski definition) is 3. The normalized spacial score (nSPS) is 10.2. The molecule has 0 atom stereocenters. The predicted molar refractivity (Wildman–Crippen MR) is 78.6 cm³/mol. The zero-order chi connectivity index (χ0) is 13.8. The number of nitrogens with zero attached hydrogens (tertiary/aromatic N) is 2. The zero-order valence-electron chi connectivity index (χ0n) is 10.5. The van der Waals surface area contributed by atoms with Crippen LogP contribution in [0.25, 0.3) is 0 Å². The second kappa shape index (κ2) is 5.84. The van der Waals surface area contributed by atoms with Crippen LogP contribution in [0.1, 0.15) is 15.9 Å². The van der Waals surface area contributed by atoms with Crippen molar-refractivity contribution in [1.82, 2.24) is 9.88 Å². The number of carbonyl (C=O) groups excluding carboxylic acids is 1. The van der Waals surface area contributed by atoms with Crippen molar-refractivity contribution < 1.29 is 4.79 Å². The van der Waals surface area contributed by atoms with Gasteiger partial charge in [-0.1, -0.05) is 28.1 Å².